The van der Waals surface area contributed by atoms with Crippen molar-refractivity contribution in [3.05, 3.63) is 0 Å². The van der Waals surface area contributed by atoms with Gasteiger partial charge in [0.25, 0.3) is 0 Å². The molecule has 0 unspecified atom stereocenters. The lowest BCUT2D eigenvalue weighted by atomic mass is 9.96. The van der Waals surface area contributed by atoms with Crippen molar-refractivity contribution in [2.45, 2.75) is 164 Å². The summed E-state index contributed by atoms with van der Waals surface area (Å²) in [6, 6.07) is 0. The van der Waals surface area contributed by atoms with E-state index in [-0.39, 0.29) is 33.5 Å². The highest BCUT2D eigenvalue weighted by Crippen LogP contribution is 2.29. The minimum Gasteiger partial charge on any atom is -0.379 e. The van der Waals surface area contributed by atoms with E-state index in [2.05, 4.69) is 63.6 Å². The van der Waals surface area contributed by atoms with Gasteiger partial charge in [0.1, 0.15) is 0 Å². The summed E-state index contributed by atoms with van der Waals surface area (Å²) in [5, 5.41) is 3.76. The van der Waals surface area contributed by atoms with Crippen LogP contribution in [0.1, 0.15) is 130 Å². The van der Waals surface area contributed by atoms with Gasteiger partial charge in [-0.25, -0.2) is 0 Å². The fraction of sp³-hybridized carbons (Fsp3) is 1.00. The monoisotopic (exact) mass is 1120 g/mol. The Morgan fingerprint density at radius 2 is 0.532 bits per heavy atom. The van der Waals surface area contributed by atoms with Gasteiger partial charge in [0.2, 0.25) is 0 Å². The Bertz CT molecular complexity index is 1280. The van der Waals surface area contributed by atoms with Crippen LogP contribution < -0.4 is 5.32 Å². The molecule has 0 aromatic carbocycles. The lowest BCUT2D eigenvalue weighted by Gasteiger charge is -2.54. The molecule has 0 saturated carbocycles. The van der Waals surface area contributed by atoms with Gasteiger partial charge in [-0.1, -0.05) is 0 Å². The van der Waals surface area contributed by atoms with E-state index in [0.717, 1.165) is 45.4 Å². The predicted octanol–water partition coefficient (Wildman–Crippen LogP) is 7.32. The number of nitrogens with one attached hydrogen (secondary N) is 1. The summed E-state index contributed by atoms with van der Waals surface area (Å²) in [4.78, 5) is 5.05. The van der Waals surface area contributed by atoms with Crippen LogP contribution in [0.4, 0.5) is 0 Å². The van der Waals surface area contributed by atoms with Crippen LogP contribution in [0.25, 0.3) is 0 Å². The van der Waals surface area contributed by atoms with E-state index in [4.69, 9.17) is 75.8 Å². The van der Waals surface area contributed by atoms with Crippen LogP contribution in [0.5, 0.6) is 0 Å². The van der Waals surface area contributed by atoms with Crippen molar-refractivity contribution < 1.29 is 75.8 Å². The zero-order valence-corrected chi connectivity index (χ0v) is 52.4. The Labute approximate surface area is 470 Å². The van der Waals surface area contributed by atoms with E-state index in [1.165, 1.54) is 0 Å². The van der Waals surface area contributed by atoms with Crippen LogP contribution in [0.2, 0.25) is 0 Å². The molecule has 0 amide bonds. The summed E-state index contributed by atoms with van der Waals surface area (Å²) < 4.78 is 92.1. The number of unbranched alkanes of at least 4 members (excludes halogenated alkanes) is 1. The molecule has 0 aliphatic rings. The molecule has 0 bridgehead atoms. The first-order valence-corrected chi connectivity index (χ1v) is 29.1. The molecule has 464 valence electrons. The van der Waals surface area contributed by atoms with Gasteiger partial charge in [-0.15, -0.1) is 0 Å². The number of nitrogens with zero attached hydrogens (tertiary/aromatic N) is 2. The topological polar surface area (TPSA) is 166 Å². The SMILES string of the molecule is CC(C)(CN(CCOCCOCCCOCCOCCOC(C)(C)C)C(C)(C)N(CCOCCOCCOCCOCCOCCOC(C)(C)C)C(C)(C)C)NCCOCCOCCCCOCCOCCOC(C)(C)C. The minimum atomic E-state index is -0.354. The summed E-state index contributed by atoms with van der Waals surface area (Å²) in [5.74, 6) is 0. The summed E-state index contributed by atoms with van der Waals surface area (Å²) >= 11 is 0. The first kappa shape index (κ1) is 76.2. The minimum absolute atomic E-state index is 0.140. The van der Waals surface area contributed by atoms with Crippen LogP contribution in [-0.2, 0) is 75.8 Å². The second-order valence-electron chi connectivity index (χ2n) is 24.0. The standard InChI is InChI=1S/C58H121N3O16/c1-53(2,3)61(22-29-68-36-39-69-40-41-70-42-43-71-44-45-74-48-51-77-56(10,11)12)58(15,16)60(21-28-67-35-31-64-25-19-26-65-33-38-73-47-50-76-55(7,8)9)52-57(13,14)59-20-27-66-34-30-62-23-17-18-24-63-32-37-72-46-49-75-54(4,5)6/h59H,17-52H2,1-16H3. The molecule has 0 aromatic heterocycles. The van der Waals surface area contributed by atoms with Gasteiger partial charge < -0.3 is 81.1 Å². The van der Waals surface area contributed by atoms with Gasteiger partial charge in [-0.05, 0) is 130 Å². The summed E-state index contributed by atoms with van der Waals surface area (Å²) in [6.45, 7) is 53.6. The van der Waals surface area contributed by atoms with E-state index in [1.807, 2.05) is 62.3 Å². The smallest absolute Gasteiger partial charge is 0.0707 e. The molecular weight excluding hydrogens is 995 g/mol. The Balaban J connectivity index is 4.83. The second-order valence-corrected chi connectivity index (χ2v) is 24.0. The van der Waals surface area contributed by atoms with Crippen LogP contribution >= 0.6 is 0 Å². The van der Waals surface area contributed by atoms with Gasteiger partial charge in [0, 0.05) is 63.7 Å². The quantitative estimate of drug-likeness (QED) is 0.0475. The third-order valence-corrected chi connectivity index (χ3v) is 11.3. The molecule has 0 aliphatic carbocycles. The highest BCUT2D eigenvalue weighted by atomic mass is 16.6. The molecule has 0 saturated heterocycles. The average Bonchev–Trinajstić information content (AvgIpc) is 3.32. The second kappa shape index (κ2) is 46.7. The van der Waals surface area contributed by atoms with Gasteiger partial charge in [-0.2, -0.15) is 0 Å². The van der Waals surface area contributed by atoms with E-state index in [0.29, 0.717) is 192 Å². The van der Waals surface area contributed by atoms with Gasteiger partial charge in [-0.3, -0.25) is 9.80 Å². The fourth-order valence-corrected chi connectivity index (χ4v) is 7.63. The van der Waals surface area contributed by atoms with E-state index >= 15 is 0 Å². The Morgan fingerprint density at radius 3 is 0.844 bits per heavy atom. The molecule has 0 fully saturated rings. The summed E-state index contributed by atoms with van der Waals surface area (Å²) in [7, 11) is 0. The van der Waals surface area contributed by atoms with Crippen molar-refractivity contribution >= 4 is 0 Å². The molecule has 0 aliphatic heterocycles. The lowest BCUT2D eigenvalue weighted by Crippen LogP contribution is -2.66. The van der Waals surface area contributed by atoms with E-state index in [1.54, 1.807) is 0 Å². The van der Waals surface area contributed by atoms with Gasteiger partial charge in [0.05, 0.1) is 188 Å². The maximum atomic E-state index is 6.19. The molecule has 19 nitrogen and oxygen atoms in total. The van der Waals surface area contributed by atoms with Crippen molar-refractivity contribution in [2.75, 3.05) is 218 Å². The van der Waals surface area contributed by atoms with Crippen LogP contribution in [-0.4, -0.2) is 261 Å². The van der Waals surface area contributed by atoms with Crippen molar-refractivity contribution in [3.63, 3.8) is 0 Å². The Hall–Kier alpha value is -0.760. The molecular formula is C58H121N3O16. The van der Waals surface area contributed by atoms with Crippen molar-refractivity contribution in [3.8, 4) is 0 Å². The molecule has 77 heavy (non-hydrogen) atoms. The van der Waals surface area contributed by atoms with Gasteiger partial charge >= 0.3 is 0 Å². The first-order chi connectivity index (χ1) is 36.4. The summed E-state index contributed by atoms with van der Waals surface area (Å²) in [6.07, 6.45) is 2.71. The normalized spacial score (nSPS) is 13.3. The predicted molar refractivity (Wildman–Crippen MR) is 306 cm³/mol. The van der Waals surface area contributed by atoms with Crippen molar-refractivity contribution in [1.82, 2.24) is 15.1 Å². The number of hydrogen-bond donors (Lipinski definition) is 1. The molecule has 1 N–H and O–H groups in total. The number of hydrogen-bond acceptors (Lipinski definition) is 19. The zero-order chi connectivity index (χ0) is 57.6. The van der Waals surface area contributed by atoms with Crippen LogP contribution in [0, 0.1) is 0 Å². The highest BCUT2D eigenvalue weighted by Gasteiger charge is 2.41. The Kier molecular flexibility index (Phi) is 46.2. The number of rotatable bonds is 56. The van der Waals surface area contributed by atoms with Crippen LogP contribution in [0.3, 0.4) is 0 Å². The number of ether oxygens (including phenoxy) is 16. The van der Waals surface area contributed by atoms with Crippen molar-refractivity contribution in [1.29, 1.82) is 0 Å². The van der Waals surface area contributed by atoms with E-state index < -0.39 is 0 Å². The molecule has 0 heterocycles. The average molecular weight is 1120 g/mol. The highest BCUT2D eigenvalue weighted by molar-refractivity contribution is 4.94. The first-order valence-electron chi connectivity index (χ1n) is 29.1. The summed E-state index contributed by atoms with van der Waals surface area (Å²) in [5.41, 5.74) is -1.18. The van der Waals surface area contributed by atoms with Crippen molar-refractivity contribution in [2.24, 2.45) is 0 Å². The third-order valence-electron chi connectivity index (χ3n) is 11.3. The third kappa shape index (κ3) is 53.0. The molecule has 0 aromatic rings. The molecule has 0 atom stereocenters. The maximum absolute atomic E-state index is 6.19. The maximum Gasteiger partial charge on any atom is 0.0707 e. The molecule has 0 spiro atoms. The molecule has 0 radical (unpaired) electrons. The fourth-order valence-electron chi connectivity index (χ4n) is 7.63. The van der Waals surface area contributed by atoms with Gasteiger partial charge in [0.15, 0.2) is 0 Å². The molecule has 0 rings (SSSR count). The Morgan fingerprint density at radius 1 is 0.273 bits per heavy atom. The lowest BCUT2D eigenvalue weighted by molar-refractivity contribution is -0.107. The molecule has 19 heteroatoms. The van der Waals surface area contributed by atoms with E-state index in [9.17, 15) is 0 Å². The largest absolute Gasteiger partial charge is 0.379 e. The zero-order valence-electron chi connectivity index (χ0n) is 52.4. The van der Waals surface area contributed by atoms with Crippen LogP contribution in [0.15, 0.2) is 0 Å².